The lowest BCUT2D eigenvalue weighted by molar-refractivity contribution is -0.138. The zero-order valence-corrected chi connectivity index (χ0v) is 11.5. The number of carboxylic acid groups (broad SMARTS) is 1. The molecule has 1 aromatic carbocycles. The highest BCUT2D eigenvalue weighted by atomic mass is 32.2. The van der Waals surface area contributed by atoms with Crippen LogP contribution in [0.1, 0.15) is 19.4 Å². The monoisotopic (exact) mass is 284 g/mol. The van der Waals surface area contributed by atoms with Crippen LogP contribution in [0.2, 0.25) is 0 Å². The highest BCUT2D eigenvalue weighted by Crippen LogP contribution is 2.34. The first-order valence-electron chi connectivity index (χ1n) is 5.95. The highest BCUT2D eigenvalue weighted by molar-refractivity contribution is 7.91. The van der Waals surface area contributed by atoms with E-state index in [9.17, 15) is 18.3 Å². The molecule has 0 saturated carbocycles. The second kappa shape index (κ2) is 4.82. The predicted molar refractivity (Wildman–Crippen MR) is 71.2 cm³/mol. The van der Waals surface area contributed by atoms with Crippen LogP contribution in [0.15, 0.2) is 24.3 Å². The van der Waals surface area contributed by atoms with Gasteiger partial charge in [-0.15, -0.1) is 0 Å². The van der Waals surface area contributed by atoms with Crippen molar-refractivity contribution in [3.8, 4) is 0 Å². The van der Waals surface area contributed by atoms with Gasteiger partial charge in [0.1, 0.15) is 6.04 Å². The van der Waals surface area contributed by atoms with Crippen molar-refractivity contribution in [3.63, 3.8) is 0 Å². The number of anilines is 1. The van der Waals surface area contributed by atoms with E-state index >= 15 is 0 Å². The van der Waals surface area contributed by atoms with E-state index in [-0.39, 0.29) is 12.5 Å². The number of carboxylic acids is 1. The molecule has 0 fully saturated rings. The molecule has 0 spiro atoms. The Labute approximate surface area is 112 Å². The third-order valence-corrected chi connectivity index (χ3v) is 4.59. The Balaban J connectivity index is 2.48. The van der Waals surface area contributed by atoms with Crippen LogP contribution in [-0.2, 0) is 21.4 Å². The molecule has 7 heteroatoms. The number of hydrogen-bond donors (Lipinski definition) is 2. The van der Waals surface area contributed by atoms with Gasteiger partial charge in [-0.05, 0) is 25.5 Å². The van der Waals surface area contributed by atoms with Crippen LogP contribution < -0.4 is 9.03 Å². The molecular weight excluding hydrogens is 268 g/mol. The molecule has 0 amide bonds. The molecule has 6 nitrogen and oxygen atoms in total. The zero-order chi connectivity index (χ0) is 14.2. The summed E-state index contributed by atoms with van der Waals surface area (Å²) in [6.07, 6.45) is 0.185. The smallest absolute Gasteiger partial charge is 0.327 e. The Kier molecular flexibility index (Phi) is 3.51. The summed E-state index contributed by atoms with van der Waals surface area (Å²) in [4.78, 5) is 11.3. The maximum absolute atomic E-state index is 12.3. The van der Waals surface area contributed by atoms with E-state index in [2.05, 4.69) is 4.72 Å². The summed E-state index contributed by atoms with van der Waals surface area (Å²) in [5.41, 5.74) is 1.16. The fourth-order valence-corrected chi connectivity index (χ4v) is 3.84. The van der Waals surface area contributed by atoms with E-state index in [1.807, 2.05) is 0 Å². The molecule has 0 bridgehead atoms. The molecule has 19 heavy (non-hydrogen) atoms. The fraction of sp³-hybridized carbons (Fsp3) is 0.417. The van der Waals surface area contributed by atoms with E-state index in [1.165, 1.54) is 0 Å². The molecule has 1 heterocycles. The summed E-state index contributed by atoms with van der Waals surface area (Å²) < 4.78 is 27.9. The molecule has 2 N–H and O–H groups in total. The summed E-state index contributed by atoms with van der Waals surface area (Å²) in [6, 6.07) is 5.44. The van der Waals surface area contributed by atoms with Crippen molar-refractivity contribution in [2.24, 2.45) is 0 Å². The Morgan fingerprint density at radius 3 is 2.63 bits per heavy atom. The van der Waals surface area contributed by atoms with E-state index in [0.29, 0.717) is 5.69 Å². The van der Waals surface area contributed by atoms with Crippen molar-refractivity contribution in [2.75, 3.05) is 4.31 Å². The molecule has 0 saturated heterocycles. The third kappa shape index (κ3) is 2.57. The molecule has 0 aromatic heterocycles. The number of rotatable bonds is 4. The first-order valence-corrected chi connectivity index (χ1v) is 7.39. The second-order valence-electron chi connectivity index (χ2n) is 4.76. The Hall–Kier alpha value is -1.60. The summed E-state index contributed by atoms with van der Waals surface area (Å²) in [6.45, 7) is 3.38. The molecule has 104 valence electrons. The van der Waals surface area contributed by atoms with Crippen LogP contribution in [-0.4, -0.2) is 31.6 Å². The van der Waals surface area contributed by atoms with Crippen molar-refractivity contribution in [2.45, 2.75) is 32.4 Å². The number of nitrogens with one attached hydrogen (secondary N) is 1. The average Bonchev–Trinajstić information content (AvgIpc) is 2.66. The van der Waals surface area contributed by atoms with Crippen LogP contribution in [0.3, 0.4) is 0 Å². The number of hydrogen-bond acceptors (Lipinski definition) is 3. The lowest BCUT2D eigenvalue weighted by atomic mass is 10.1. The number of carbonyl (C=O) groups is 1. The van der Waals surface area contributed by atoms with Gasteiger partial charge >= 0.3 is 16.2 Å². The van der Waals surface area contributed by atoms with E-state index in [1.54, 1.807) is 38.1 Å². The van der Waals surface area contributed by atoms with Crippen LogP contribution >= 0.6 is 0 Å². The van der Waals surface area contributed by atoms with Crippen LogP contribution in [0.4, 0.5) is 5.69 Å². The number of para-hydroxylation sites is 1. The maximum Gasteiger partial charge on any atom is 0.327 e. The minimum atomic E-state index is -3.86. The Morgan fingerprint density at radius 1 is 1.42 bits per heavy atom. The molecule has 0 radical (unpaired) electrons. The highest BCUT2D eigenvalue weighted by Gasteiger charge is 2.41. The lowest BCUT2D eigenvalue weighted by Crippen LogP contribution is -2.50. The van der Waals surface area contributed by atoms with Crippen LogP contribution in [0.25, 0.3) is 0 Å². The van der Waals surface area contributed by atoms with Crippen molar-refractivity contribution >= 4 is 21.9 Å². The van der Waals surface area contributed by atoms with Crippen molar-refractivity contribution in [1.29, 1.82) is 0 Å². The molecule has 1 atom stereocenters. The molecule has 1 aromatic rings. The molecule has 2 rings (SSSR count). The molecule has 1 aliphatic heterocycles. The number of benzene rings is 1. The van der Waals surface area contributed by atoms with Gasteiger partial charge in [0.2, 0.25) is 0 Å². The van der Waals surface area contributed by atoms with Gasteiger partial charge in [-0.2, -0.15) is 13.1 Å². The molecule has 0 aliphatic carbocycles. The minimum absolute atomic E-state index is 0.185. The second-order valence-corrected chi connectivity index (χ2v) is 6.34. The summed E-state index contributed by atoms with van der Waals surface area (Å²) >= 11 is 0. The van der Waals surface area contributed by atoms with Crippen LogP contribution in [0, 0.1) is 0 Å². The summed E-state index contributed by atoms with van der Waals surface area (Å²) in [5, 5.41) is 9.22. The van der Waals surface area contributed by atoms with E-state index in [0.717, 1.165) is 9.87 Å². The topological polar surface area (TPSA) is 86.7 Å². The van der Waals surface area contributed by atoms with Gasteiger partial charge in [0.05, 0.1) is 5.69 Å². The molecule has 1 aliphatic rings. The van der Waals surface area contributed by atoms with Gasteiger partial charge in [0.15, 0.2) is 0 Å². The van der Waals surface area contributed by atoms with E-state index < -0.39 is 22.2 Å². The number of aliphatic carboxylic acids is 1. The number of nitrogens with zero attached hydrogens (tertiary/aromatic N) is 1. The van der Waals surface area contributed by atoms with Gasteiger partial charge in [0, 0.05) is 12.5 Å². The van der Waals surface area contributed by atoms with Gasteiger partial charge < -0.3 is 5.11 Å². The van der Waals surface area contributed by atoms with Gasteiger partial charge in [-0.25, -0.2) is 9.10 Å². The van der Waals surface area contributed by atoms with Crippen molar-refractivity contribution in [1.82, 2.24) is 4.72 Å². The van der Waals surface area contributed by atoms with Crippen molar-refractivity contribution < 1.29 is 18.3 Å². The average molecular weight is 284 g/mol. The van der Waals surface area contributed by atoms with Gasteiger partial charge in [0.25, 0.3) is 0 Å². The van der Waals surface area contributed by atoms with E-state index in [4.69, 9.17) is 0 Å². The largest absolute Gasteiger partial charge is 0.480 e. The van der Waals surface area contributed by atoms with Crippen LogP contribution in [0.5, 0.6) is 0 Å². The summed E-state index contributed by atoms with van der Waals surface area (Å²) in [7, 11) is -3.86. The van der Waals surface area contributed by atoms with Crippen molar-refractivity contribution in [3.05, 3.63) is 29.8 Å². The number of fused-ring (bicyclic) bond motifs is 1. The lowest BCUT2D eigenvalue weighted by Gasteiger charge is -2.25. The predicted octanol–water partition coefficient (Wildman–Crippen LogP) is 0.745. The van der Waals surface area contributed by atoms with Gasteiger partial charge in [-0.3, -0.25) is 0 Å². The molecule has 0 unspecified atom stereocenters. The maximum atomic E-state index is 12.3. The molecular formula is C12H16N2O4S. The Morgan fingerprint density at radius 2 is 2.05 bits per heavy atom. The SMILES string of the molecule is CC(C)NS(=O)(=O)N1c2ccccc2C[C@H]1C(=O)O. The summed E-state index contributed by atoms with van der Waals surface area (Å²) in [5.74, 6) is -1.15. The quantitative estimate of drug-likeness (QED) is 0.854. The first kappa shape index (κ1) is 13.8. The third-order valence-electron chi connectivity index (χ3n) is 2.85. The standard InChI is InChI=1S/C12H16N2O4S/c1-8(2)13-19(17,18)14-10-6-4-3-5-9(10)7-11(14)12(15)16/h3-6,8,11,13H,7H2,1-2H3,(H,15,16)/t11-/m0/s1. The first-order chi connectivity index (χ1) is 8.83. The van der Waals surface area contributed by atoms with Gasteiger partial charge in [-0.1, -0.05) is 18.2 Å². The minimum Gasteiger partial charge on any atom is -0.480 e. The fourth-order valence-electron chi connectivity index (χ4n) is 2.20. The Bertz CT molecular complexity index is 598. The zero-order valence-electron chi connectivity index (χ0n) is 10.7. The normalized spacial score (nSPS) is 18.7.